The smallest absolute Gasteiger partial charge is 0.363 e. The van der Waals surface area contributed by atoms with Crippen molar-refractivity contribution in [1.82, 2.24) is 9.97 Å². The molecule has 0 aliphatic heterocycles. The van der Waals surface area contributed by atoms with Crippen molar-refractivity contribution in [3.05, 3.63) is 65.2 Å². The van der Waals surface area contributed by atoms with Crippen molar-refractivity contribution in [1.29, 1.82) is 0 Å². The number of halogens is 1. The first-order valence-electron chi connectivity index (χ1n) is 7.84. The van der Waals surface area contributed by atoms with Crippen LogP contribution in [0.4, 0.5) is 4.39 Å². The first kappa shape index (κ1) is 15.4. The minimum atomic E-state index is -0.737. The average Bonchev–Trinajstić information content (AvgIpc) is 2.92. The Morgan fingerprint density at radius 2 is 1.96 bits per heavy atom. The highest BCUT2D eigenvalue weighted by Gasteiger charge is 2.33. The van der Waals surface area contributed by atoms with Gasteiger partial charge in [0.15, 0.2) is 11.5 Å². The zero-order valence-electron chi connectivity index (χ0n) is 13.3. The van der Waals surface area contributed by atoms with Crippen molar-refractivity contribution in [2.24, 2.45) is 0 Å². The van der Waals surface area contributed by atoms with E-state index in [-0.39, 0.29) is 35.1 Å². The average molecular weight is 336 g/mol. The van der Waals surface area contributed by atoms with E-state index in [1.165, 1.54) is 18.3 Å². The van der Waals surface area contributed by atoms with Crippen LogP contribution < -0.4 is 4.74 Å². The summed E-state index contributed by atoms with van der Waals surface area (Å²) in [6.45, 7) is 1.77. The van der Waals surface area contributed by atoms with Gasteiger partial charge in [-0.25, -0.2) is 14.2 Å². The van der Waals surface area contributed by atoms with E-state index in [0.29, 0.717) is 16.6 Å². The first-order chi connectivity index (χ1) is 12.0. The number of ketones is 1. The fourth-order valence-corrected chi connectivity index (χ4v) is 3.12. The van der Waals surface area contributed by atoms with E-state index in [4.69, 9.17) is 4.74 Å². The van der Waals surface area contributed by atoms with Gasteiger partial charge in [0.05, 0.1) is 22.8 Å². The van der Waals surface area contributed by atoms with E-state index < -0.39 is 11.8 Å². The van der Waals surface area contributed by atoms with Crippen LogP contribution in [0.3, 0.4) is 0 Å². The summed E-state index contributed by atoms with van der Waals surface area (Å²) in [6.07, 6.45) is 1.52. The Bertz CT molecular complexity index is 1030. The molecule has 1 aliphatic carbocycles. The van der Waals surface area contributed by atoms with Gasteiger partial charge in [-0.05, 0) is 30.2 Å². The molecule has 124 valence electrons. The third kappa shape index (κ3) is 2.55. The third-order valence-corrected chi connectivity index (χ3v) is 4.28. The van der Waals surface area contributed by atoms with Gasteiger partial charge in [0.25, 0.3) is 0 Å². The third-order valence-electron chi connectivity index (χ3n) is 4.28. The molecule has 1 atom stereocenters. The normalized spacial score (nSPS) is 16.1. The quantitative estimate of drug-likeness (QED) is 0.527. The van der Waals surface area contributed by atoms with E-state index in [9.17, 15) is 14.0 Å². The lowest BCUT2D eigenvalue weighted by Crippen LogP contribution is -2.13. The van der Waals surface area contributed by atoms with Crippen molar-refractivity contribution in [3.8, 4) is 5.75 Å². The molecule has 4 rings (SSSR count). The fourth-order valence-electron chi connectivity index (χ4n) is 3.12. The van der Waals surface area contributed by atoms with Gasteiger partial charge in [0.2, 0.25) is 0 Å². The molecule has 0 radical (unpaired) electrons. The van der Waals surface area contributed by atoms with Gasteiger partial charge in [-0.3, -0.25) is 9.78 Å². The highest BCUT2D eigenvalue weighted by atomic mass is 19.1. The van der Waals surface area contributed by atoms with Gasteiger partial charge in [-0.2, -0.15) is 0 Å². The number of benzene rings is 2. The lowest BCUT2D eigenvalue weighted by Gasteiger charge is -2.10. The molecule has 2 aromatic carbocycles. The Balaban J connectivity index is 1.70. The monoisotopic (exact) mass is 336 g/mol. The zero-order chi connectivity index (χ0) is 17.6. The van der Waals surface area contributed by atoms with Crippen molar-refractivity contribution in [2.45, 2.75) is 19.3 Å². The number of para-hydroxylation sites is 2. The molecule has 1 aliphatic rings. The van der Waals surface area contributed by atoms with E-state index in [1.807, 2.05) is 6.07 Å². The predicted molar refractivity (Wildman–Crippen MR) is 88.3 cm³/mol. The first-order valence-corrected chi connectivity index (χ1v) is 7.84. The Kier molecular flexibility index (Phi) is 3.53. The van der Waals surface area contributed by atoms with Crippen LogP contribution in [0.2, 0.25) is 0 Å². The number of esters is 1. The van der Waals surface area contributed by atoms with Crippen LogP contribution in [0.15, 0.2) is 42.6 Å². The fraction of sp³-hybridized carbons (Fsp3) is 0.158. The Morgan fingerprint density at radius 3 is 2.76 bits per heavy atom. The predicted octanol–water partition coefficient (Wildman–Crippen LogP) is 3.68. The molecule has 0 saturated carbocycles. The molecule has 1 heterocycles. The second-order valence-corrected chi connectivity index (χ2v) is 6.00. The maximum atomic E-state index is 14.0. The summed E-state index contributed by atoms with van der Waals surface area (Å²) in [5.41, 5.74) is 1.70. The molecule has 0 saturated heterocycles. The number of hydrogen-bond donors (Lipinski definition) is 0. The second kappa shape index (κ2) is 5.73. The molecule has 0 amide bonds. The van der Waals surface area contributed by atoms with Crippen LogP contribution in [-0.2, 0) is 0 Å². The Morgan fingerprint density at radius 1 is 1.20 bits per heavy atom. The molecule has 25 heavy (non-hydrogen) atoms. The number of aromatic nitrogens is 2. The molecule has 1 aromatic heterocycles. The van der Waals surface area contributed by atoms with E-state index >= 15 is 0 Å². The Hall–Kier alpha value is -3.15. The van der Waals surface area contributed by atoms with Crippen LogP contribution in [0, 0.1) is 5.82 Å². The molecule has 0 spiro atoms. The van der Waals surface area contributed by atoms with Crippen molar-refractivity contribution in [3.63, 3.8) is 0 Å². The molecule has 6 heteroatoms. The summed E-state index contributed by atoms with van der Waals surface area (Å²) in [6, 6.07) is 9.64. The Labute approximate surface area is 142 Å². The summed E-state index contributed by atoms with van der Waals surface area (Å²) < 4.78 is 19.4. The van der Waals surface area contributed by atoms with Crippen LogP contribution in [-0.4, -0.2) is 21.7 Å². The van der Waals surface area contributed by atoms with Crippen molar-refractivity contribution in [2.75, 3.05) is 0 Å². The number of carbonyl (C=O) groups excluding carboxylic acids is 2. The highest BCUT2D eigenvalue weighted by Crippen LogP contribution is 2.39. The molecule has 0 fully saturated rings. The highest BCUT2D eigenvalue weighted by molar-refractivity contribution is 6.04. The molecular weight excluding hydrogens is 323 g/mol. The number of carbonyl (C=O) groups is 2. The zero-order valence-corrected chi connectivity index (χ0v) is 13.3. The van der Waals surface area contributed by atoms with E-state index in [2.05, 4.69) is 9.97 Å². The number of rotatable bonds is 2. The molecule has 0 bridgehead atoms. The number of ether oxygens (including phenoxy) is 1. The SMILES string of the molecule is CC1CC(=O)c2c(OC(=O)c3cnc4ccccc4n3)ccc(F)c21. The van der Waals surface area contributed by atoms with E-state index in [1.54, 1.807) is 25.1 Å². The van der Waals surface area contributed by atoms with Crippen LogP contribution in [0.1, 0.15) is 45.7 Å². The standard InChI is InChI=1S/C19H13FN2O3/c1-10-8-15(23)18-16(7-6-11(20)17(10)18)25-19(24)14-9-21-12-4-2-3-5-13(12)22-14/h2-7,9-10H,8H2,1H3. The second-order valence-electron chi connectivity index (χ2n) is 6.00. The minimum absolute atomic E-state index is 0.0234. The van der Waals surface area contributed by atoms with Crippen LogP contribution in [0.25, 0.3) is 11.0 Å². The summed E-state index contributed by atoms with van der Waals surface area (Å²) in [5, 5.41) is 0. The minimum Gasteiger partial charge on any atom is -0.421 e. The number of fused-ring (bicyclic) bond motifs is 2. The van der Waals surface area contributed by atoms with Crippen molar-refractivity contribution < 1.29 is 18.7 Å². The summed E-state index contributed by atoms with van der Waals surface area (Å²) in [4.78, 5) is 32.9. The number of hydrogen-bond acceptors (Lipinski definition) is 5. The molecule has 0 N–H and O–H groups in total. The van der Waals surface area contributed by atoms with Crippen LogP contribution in [0.5, 0.6) is 5.75 Å². The van der Waals surface area contributed by atoms with Crippen LogP contribution >= 0.6 is 0 Å². The van der Waals surface area contributed by atoms with E-state index in [0.717, 1.165) is 0 Å². The number of Topliss-reactive ketones (excluding diaryl/α,β-unsaturated/α-hetero) is 1. The maximum absolute atomic E-state index is 14.0. The molecular formula is C19H13FN2O3. The summed E-state index contributed by atoms with van der Waals surface area (Å²) >= 11 is 0. The lowest BCUT2D eigenvalue weighted by molar-refractivity contribution is 0.0726. The summed E-state index contributed by atoms with van der Waals surface area (Å²) in [5.74, 6) is -1.60. The van der Waals surface area contributed by atoms with Crippen molar-refractivity contribution >= 4 is 22.8 Å². The lowest BCUT2D eigenvalue weighted by atomic mass is 10.0. The topological polar surface area (TPSA) is 69.2 Å². The van der Waals surface area contributed by atoms with Gasteiger partial charge < -0.3 is 4.74 Å². The molecule has 1 unspecified atom stereocenters. The molecule has 5 nitrogen and oxygen atoms in total. The molecule has 3 aromatic rings. The van der Waals surface area contributed by atoms with Gasteiger partial charge >= 0.3 is 5.97 Å². The summed E-state index contributed by atoms with van der Waals surface area (Å²) in [7, 11) is 0. The van der Waals surface area contributed by atoms with Gasteiger partial charge in [0, 0.05) is 12.0 Å². The maximum Gasteiger partial charge on any atom is 0.363 e. The largest absolute Gasteiger partial charge is 0.421 e. The van der Waals surface area contributed by atoms with Gasteiger partial charge in [0.1, 0.15) is 11.6 Å². The van der Waals surface area contributed by atoms with Gasteiger partial charge in [-0.15, -0.1) is 0 Å². The number of nitrogens with zero attached hydrogens (tertiary/aromatic N) is 2. The van der Waals surface area contributed by atoms with Gasteiger partial charge in [-0.1, -0.05) is 19.1 Å².